The Morgan fingerprint density at radius 3 is 2.67 bits per heavy atom. The fourth-order valence-electron chi connectivity index (χ4n) is 5.10. The largest absolute Gasteiger partial charge is 0.472 e. The smallest absolute Gasteiger partial charge is 0.257 e. The molecule has 0 radical (unpaired) electrons. The van der Waals surface area contributed by atoms with Gasteiger partial charge < -0.3 is 19.5 Å². The second-order valence-electron chi connectivity index (χ2n) is 8.93. The zero-order valence-corrected chi connectivity index (χ0v) is 17.9. The number of amides is 2. The van der Waals surface area contributed by atoms with Crippen LogP contribution in [0.1, 0.15) is 53.1 Å². The molecule has 6 heteroatoms. The van der Waals surface area contributed by atoms with Gasteiger partial charge in [0.1, 0.15) is 6.26 Å². The second-order valence-corrected chi connectivity index (χ2v) is 8.93. The Bertz CT molecular complexity index is 883. The number of carbonyl (C=O) groups is 2. The first kappa shape index (κ1) is 20.7. The van der Waals surface area contributed by atoms with Gasteiger partial charge in [-0.2, -0.15) is 0 Å². The van der Waals surface area contributed by atoms with Gasteiger partial charge in [-0.3, -0.25) is 9.59 Å². The van der Waals surface area contributed by atoms with E-state index in [2.05, 4.69) is 34.5 Å². The van der Waals surface area contributed by atoms with Gasteiger partial charge in [-0.15, -0.1) is 0 Å². The average Bonchev–Trinajstić information content (AvgIpc) is 3.36. The lowest BCUT2D eigenvalue weighted by Gasteiger charge is -2.40. The predicted octanol–water partition coefficient (Wildman–Crippen LogP) is 3.01. The standard InChI is InChI=1S/C24H31N3O3/c1-26(2)13-10-25-22(28)15-19-16-24(21-6-4-3-5-20(19)21)8-11-27(12-9-24)23(29)18-7-14-30-17-18/h3-7,14,17,19H,8-13,15-16H2,1-2H3,(H,25,28)/t19-/m0/s1. The minimum Gasteiger partial charge on any atom is -0.472 e. The molecule has 6 nitrogen and oxygen atoms in total. The van der Waals surface area contributed by atoms with Crippen LogP contribution in [0, 0.1) is 0 Å². The van der Waals surface area contributed by atoms with Crippen molar-refractivity contribution in [3.63, 3.8) is 0 Å². The van der Waals surface area contributed by atoms with E-state index < -0.39 is 0 Å². The highest BCUT2D eigenvalue weighted by Crippen LogP contribution is 2.52. The Labute approximate surface area is 178 Å². The Morgan fingerprint density at radius 2 is 1.97 bits per heavy atom. The highest BCUT2D eigenvalue weighted by molar-refractivity contribution is 5.93. The third-order valence-corrected chi connectivity index (χ3v) is 6.70. The molecule has 1 aromatic carbocycles. The summed E-state index contributed by atoms with van der Waals surface area (Å²) in [4.78, 5) is 29.2. The van der Waals surface area contributed by atoms with Crippen molar-refractivity contribution in [2.45, 2.75) is 37.0 Å². The highest BCUT2D eigenvalue weighted by atomic mass is 16.3. The molecular formula is C24H31N3O3. The van der Waals surface area contributed by atoms with Gasteiger partial charge in [0.05, 0.1) is 11.8 Å². The van der Waals surface area contributed by atoms with Gasteiger partial charge in [-0.05, 0) is 61.9 Å². The van der Waals surface area contributed by atoms with Crippen LogP contribution in [0.5, 0.6) is 0 Å². The number of benzene rings is 1. The zero-order chi connectivity index (χ0) is 21.1. The molecule has 0 bridgehead atoms. The molecule has 2 aromatic rings. The van der Waals surface area contributed by atoms with Crippen LogP contribution in [-0.4, -0.2) is 61.9 Å². The van der Waals surface area contributed by atoms with E-state index in [1.54, 1.807) is 12.3 Å². The topological polar surface area (TPSA) is 65.8 Å². The third kappa shape index (κ3) is 4.15. The minimum atomic E-state index is 0.0432. The Hall–Kier alpha value is -2.60. The quantitative estimate of drug-likeness (QED) is 0.797. The second kappa shape index (κ2) is 8.64. The third-order valence-electron chi connectivity index (χ3n) is 6.70. The molecular weight excluding hydrogens is 378 g/mol. The highest BCUT2D eigenvalue weighted by Gasteiger charge is 2.46. The fraction of sp³-hybridized carbons (Fsp3) is 0.500. The van der Waals surface area contributed by atoms with Crippen molar-refractivity contribution in [1.82, 2.24) is 15.1 Å². The van der Waals surface area contributed by atoms with Crippen molar-refractivity contribution in [2.75, 3.05) is 40.3 Å². The van der Waals surface area contributed by atoms with Crippen molar-refractivity contribution in [3.8, 4) is 0 Å². The van der Waals surface area contributed by atoms with E-state index in [0.29, 0.717) is 18.5 Å². The zero-order valence-electron chi connectivity index (χ0n) is 17.9. The maximum absolute atomic E-state index is 12.7. The maximum Gasteiger partial charge on any atom is 0.257 e. The molecule has 1 saturated heterocycles. The lowest BCUT2D eigenvalue weighted by Crippen LogP contribution is -2.44. The summed E-state index contributed by atoms with van der Waals surface area (Å²) in [6.07, 6.45) is 6.45. The first-order valence-electron chi connectivity index (χ1n) is 10.8. The SMILES string of the molecule is CN(C)CCNC(=O)C[C@H]1CC2(CCN(C(=O)c3ccoc3)CC2)c2ccccc21. The number of nitrogens with zero attached hydrogens (tertiary/aromatic N) is 2. The van der Waals surface area contributed by atoms with Gasteiger partial charge in [-0.1, -0.05) is 24.3 Å². The fourth-order valence-corrected chi connectivity index (χ4v) is 5.10. The molecule has 2 aliphatic rings. The molecule has 4 rings (SSSR count). The van der Waals surface area contributed by atoms with Gasteiger partial charge in [0.2, 0.25) is 5.91 Å². The van der Waals surface area contributed by atoms with E-state index in [9.17, 15) is 9.59 Å². The van der Waals surface area contributed by atoms with E-state index in [1.165, 1.54) is 17.4 Å². The van der Waals surface area contributed by atoms with E-state index in [1.807, 2.05) is 19.0 Å². The van der Waals surface area contributed by atoms with Crippen molar-refractivity contribution >= 4 is 11.8 Å². The summed E-state index contributed by atoms with van der Waals surface area (Å²) in [7, 11) is 4.01. The van der Waals surface area contributed by atoms with Crippen molar-refractivity contribution in [3.05, 3.63) is 59.5 Å². The van der Waals surface area contributed by atoms with Crippen LogP contribution in [-0.2, 0) is 10.2 Å². The number of fused-ring (bicyclic) bond motifs is 2. The summed E-state index contributed by atoms with van der Waals surface area (Å²) < 4.78 is 5.07. The van der Waals surface area contributed by atoms with Gasteiger partial charge in [0.25, 0.3) is 5.91 Å². The van der Waals surface area contributed by atoms with E-state index in [-0.39, 0.29) is 23.1 Å². The number of carbonyl (C=O) groups excluding carboxylic acids is 2. The van der Waals surface area contributed by atoms with Crippen molar-refractivity contribution in [2.24, 2.45) is 0 Å². The number of likely N-dealkylation sites (N-methyl/N-ethyl adjacent to an activating group) is 1. The Balaban J connectivity index is 1.43. The van der Waals surface area contributed by atoms with Crippen LogP contribution in [0.4, 0.5) is 0 Å². The normalized spacial score (nSPS) is 19.8. The van der Waals surface area contributed by atoms with Gasteiger partial charge >= 0.3 is 0 Å². The molecule has 0 unspecified atom stereocenters. The molecule has 30 heavy (non-hydrogen) atoms. The number of likely N-dealkylation sites (tertiary alicyclic amines) is 1. The Kier molecular flexibility index (Phi) is 5.95. The van der Waals surface area contributed by atoms with Gasteiger partial charge in [-0.25, -0.2) is 0 Å². The molecule has 1 atom stereocenters. The number of nitrogens with one attached hydrogen (secondary N) is 1. The number of hydrogen-bond acceptors (Lipinski definition) is 4. The number of furan rings is 1. The Morgan fingerprint density at radius 1 is 1.20 bits per heavy atom. The van der Waals surface area contributed by atoms with Crippen molar-refractivity contribution in [1.29, 1.82) is 0 Å². The molecule has 1 aliphatic heterocycles. The first-order chi connectivity index (χ1) is 14.5. The van der Waals surface area contributed by atoms with E-state index in [0.717, 1.165) is 38.9 Å². The van der Waals surface area contributed by atoms with Gasteiger partial charge in [0, 0.05) is 32.6 Å². The lowest BCUT2D eigenvalue weighted by molar-refractivity contribution is -0.121. The summed E-state index contributed by atoms with van der Waals surface area (Å²) in [6, 6.07) is 10.3. The van der Waals surface area contributed by atoms with Gasteiger partial charge in [0.15, 0.2) is 0 Å². The molecule has 1 fully saturated rings. The van der Waals surface area contributed by atoms with Crippen LogP contribution in [0.25, 0.3) is 0 Å². The van der Waals surface area contributed by atoms with Crippen LogP contribution >= 0.6 is 0 Å². The minimum absolute atomic E-state index is 0.0432. The first-order valence-corrected chi connectivity index (χ1v) is 10.8. The van der Waals surface area contributed by atoms with Crippen LogP contribution in [0.15, 0.2) is 47.3 Å². The van der Waals surface area contributed by atoms with Crippen LogP contribution in [0.3, 0.4) is 0 Å². The molecule has 0 saturated carbocycles. The number of hydrogen-bond donors (Lipinski definition) is 1. The molecule has 160 valence electrons. The molecule has 1 N–H and O–H groups in total. The van der Waals surface area contributed by atoms with E-state index >= 15 is 0 Å². The summed E-state index contributed by atoms with van der Waals surface area (Å²) in [5.41, 5.74) is 3.38. The van der Waals surface area contributed by atoms with Crippen LogP contribution < -0.4 is 5.32 Å². The van der Waals surface area contributed by atoms with Crippen molar-refractivity contribution < 1.29 is 14.0 Å². The predicted molar refractivity (Wildman–Crippen MR) is 116 cm³/mol. The average molecular weight is 410 g/mol. The number of rotatable bonds is 6. The molecule has 1 aliphatic carbocycles. The summed E-state index contributed by atoms with van der Waals surface area (Å²) in [5, 5.41) is 3.06. The molecule has 1 aromatic heterocycles. The van der Waals surface area contributed by atoms with E-state index in [4.69, 9.17) is 4.42 Å². The monoisotopic (exact) mass is 409 g/mol. The molecule has 1 spiro atoms. The summed E-state index contributed by atoms with van der Waals surface area (Å²) in [5.74, 6) is 0.416. The molecule has 2 amide bonds. The maximum atomic E-state index is 12.7. The van der Waals surface area contributed by atoms with Crippen LogP contribution in [0.2, 0.25) is 0 Å². The number of piperidine rings is 1. The summed E-state index contributed by atoms with van der Waals surface area (Å²) in [6.45, 7) is 2.99. The summed E-state index contributed by atoms with van der Waals surface area (Å²) >= 11 is 0. The molecule has 2 heterocycles. The lowest BCUT2D eigenvalue weighted by atomic mass is 9.73.